The second-order valence-corrected chi connectivity index (χ2v) is 11.8. The van der Waals surface area contributed by atoms with Gasteiger partial charge < -0.3 is 24.8 Å². The minimum absolute atomic E-state index is 0.0980. The lowest BCUT2D eigenvalue weighted by Crippen LogP contribution is -2.39. The number of carbonyl (C=O) groups is 3. The maximum absolute atomic E-state index is 11.8. The normalized spacial score (nSPS) is 13.8. The molecule has 0 saturated heterocycles. The molecule has 3 amide bonds. The van der Waals surface area contributed by atoms with Crippen LogP contribution in [0.1, 0.15) is 74.7 Å². The summed E-state index contributed by atoms with van der Waals surface area (Å²) in [7, 11) is 0. The number of nitrogens with one attached hydrogen (secondary N) is 2. The first-order valence-electron chi connectivity index (χ1n) is 14.0. The predicted octanol–water partition coefficient (Wildman–Crippen LogP) is 3.57. The summed E-state index contributed by atoms with van der Waals surface area (Å²) in [4.78, 5) is 35.6. The molecule has 0 aromatic rings. The van der Waals surface area contributed by atoms with Crippen molar-refractivity contribution in [3.8, 4) is 0 Å². The molecule has 0 spiro atoms. The van der Waals surface area contributed by atoms with Gasteiger partial charge in [0, 0.05) is 51.4 Å². The van der Waals surface area contributed by atoms with Gasteiger partial charge in [-0.25, -0.2) is 0 Å². The molecule has 0 aliphatic carbocycles. The van der Waals surface area contributed by atoms with Gasteiger partial charge in [0.2, 0.25) is 5.91 Å². The standard InChI is InChI=1S/C25H45N3O6.C4H10/c1-24(2,3)25(4,5)20-26-11-6-14-32-16-18-34-19-17-33-15-7-12-27-21(29)10-13-28-22(30)8-9-23(28)31;1-4(2)3/h8-9,26H,6-7,10-20H2,1-5H3,(H,27,29);4H,1-3H3. The van der Waals surface area contributed by atoms with E-state index in [4.69, 9.17) is 14.2 Å². The van der Waals surface area contributed by atoms with Crippen molar-refractivity contribution in [3.63, 3.8) is 0 Å². The topological polar surface area (TPSA) is 106 Å². The van der Waals surface area contributed by atoms with Crippen LogP contribution in [-0.2, 0) is 28.6 Å². The number of hydrogen-bond donors (Lipinski definition) is 2. The monoisotopic (exact) mass is 541 g/mol. The van der Waals surface area contributed by atoms with Gasteiger partial charge in [-0.1, -0.05) is 55.4 Å². The summed E-state index contributed by atoms with van der Waals surface area (Å²) in [6.45, 7) is 23.8. The van der Waals surface area contributed by atoms with Crippen molar-refractivity contribution in [3.05, 3.63) is 12.2 Å². The minimum atomic E-state index is -0.372. The molecule has 0 aromatic carbocycles. The van der Waals surface area contributed by atoms with Gasteiger partial charge in [0.1, 0.15) is 0 Å². The maximum Gasteiger partial charge on any atom is 0.253 e. The molecule has 1 heterocycles. The van der Waals surface area contributed by atoms with E-state index in [1.54, 1.807) is 0 Å². The van der Waals surface area contributed by atoms with E-state index in [9.17, 15) is 14.4 Å². The van der Waals surface area contributed by atoms with Gasteiger partial charge in [-0.05, 0) is 36.1 Å². The van der Waals surface area contributed by atoms with E-state index >= 15 is 0 Å². The van der Waals surface area contributed by atoms with Crippen molar-refractivity contribution in [1.82, 2.24) is 15.5 Å². The Bertz CT molecular complexity index is 680. The van der Waals surface area contributed by atoms with Gasteiger partial charge in [0.05, 0.1) is 26.4 Å². The van der Waals surface area contributed by atoms with E-state index in [0.717, 1.165) is 36.9 Å². The molecule has 0 saturated carbocycles. The molecule has 1 aliphatic heterocycles. The van der Waals surface area contributed by atoms with Crippen LogP contribution in [0.3, 0.4) is 0 Å². The summed E-state index contributed by atoms with van der Waals surface area (Å²) in [6, 6.07) is 0. The third-order valence-electron chi connectivity index (χ3n) is 6.23. The summed E-state index contributed by atoms with van der Waals surface area (Å²) in [6.07, 6.45) is 4.18. The Morgan fingerprint density at radius 3 is 1.74 bits per heavy atom. The SMILES string of the molecule is CC(C)(C)C(C)(C)CNCCCOCCOCCOCCCNC(=O)CCN1C(=O)C=CC1=O.CC(C)C. The van der Waals surface area contributed by atoms with E-state index in [-0.39, 0.29) is 41.5 Å². The third-order valence-corrected chi connectivity index (χ3v) is 6.23. The van der Waals surface area contributed by atoms with Gasteiger partial charge in [0.15, 0.2) is 0 Å². The lowest BCUT2D eigenvalue weighted by molar-refractivity contribution is -0.137. The van der Waals surface area contributed by atoms with E-state index < -0.39 is 0 Å². The summed E-state index contributed by atoms with van der Waals surface area (Å²) in [5.41, 5.74) is 0.514. The second-order valence-electron chi connectivity index (χ2n) is 11.8. The molecule has 0 aromatic heterocycles. The number of amides is 3. The van der Waals surface area contributed by atoms with Crippen LogP contribution < -0.4 is 10.6 Å². The fourth-order valence-electron chi connectivity index (χ4n) is 2.86. The molecule has 38 heavy (non-hydrogen) atoms. The Balaban J connectivity index is 0.00000318. The zero-order valence-electron chi connectivity index (χ0n) is 25.3. The third kappa shape index (κ3) is 18.4. The van der Waals surface area contributed by atoms with Crippen molar-refractivity contribution >= 4 is 17.7 Å². The lowest BCUT2D eigenvalue weighted by Gasteiger charge is -2.39. The van der Waals surface area contributed by atoms with Gasteiger partial charge in [-0.3, -0.25) is 19.3 Å². The van der Waals surface area contributed by atoms with Crippen molar-refractivity contribution in [2.75, 3.05) is 65.8 Å². The first-order chi connectivity index (χ1) is 17.8. The van der Waals surface area contributed by atoms with Gasteiger partial charge in [-0.2, -0.15) is 0 Å². The minimum Gasteiger partial charge on any atom is -0.379 e. The Morgan fingerprint density at radius 2 is 1.26 bits per heavy atom. The molecule has 0 bridgehead atoms. The zero-order valence-corrected chi connectivity index (χ0v) is 25.3. The fourth-order valence-corrected chi connectivity index (χ4v) is 2.86. The average Bonchev–Trinajstić information content (AvgIpc) is 3.13. The van der Waals surface area contributed by atoms with Crippen molar-refractivity contribution in [2.24, 2.45) is 16.7 Å². The van der Waals surface area contributed by atoms with E-state index in [1.165, 1.54) is 12.2 Å². The largest absolute Gasteiger partial charge is 0.379 e. The molecule has 9 nitrogen and oxygen atoms in total. The molecular formula is C29H55N3O6. The van der Waals surface area contributed by atoms with E-state index in [0.29, 0.717) is 46.0 Å². The molecule has 0 atom stereocenters. The number of nitrogens with zero attached hydrogens (tertiary/aromatic N) is 1. The van der Waals surface area contributed by atoms with Crippen LogP contribution in [0.4, 0.5) is 0 Å². The van der Waals surface area contributed by atoms with Crippen LogP contribution >= 0.6 is 0 Å². The van der Waals surface area contributed by atoms with Crippen LogP contribution in [-0.4, -0.2) is 88.4 Å². The number of ether oxygens (including phenoxy) is 3. The summed E-state index contributed by atoms with van der Waals surface area (Å²) in [5.74, 6) is -0.104. The Labute approximate surface area is 231 Å². The highest BCUT2D eigenvalue weighted by Gasteiger charge is 2.31. The summed E-state index contributed by atoms with van der Waals surface area (Å²) >= 11 is 0. The zero-order chi connectivity index (χ0) is 29.0. The van der Waals surface area contributed by atoms with E-state index in [1.807, 2.05) is 0 Å². The maximum atomic E-state index is 11.8. The van der Waals surface area contributed by atoms with Crippen molar-refractivity contribution in [1.29, 1.82) is 0 Å². The number of imide groups is 1. The van der Waals surface area contributed by atoms with Crippen LogP contribution in [0.2, 0.25) is 0 Å². The molecule has 2 N–H and O–H groups in total. The number of hydrogen-bond acceptors (Lipinski definition) is 7. The van der Waals surface area contributed by atoms with Gasteiger partial charge in [-0.15, -0.1) is 0 Å². The molecule has 1 aliphatic rings. The molecule has 1 rings (SSSR count). The second kappa shape index (κ2) is 20.1. The molecule has 9 heteroatoms. The van der Waals surface area contributed by atoms with Crippen LogP contribution in [0.15, 0.2) is 12.2 Å². The van der Waals surface area contributed by atoms with Gasteiger partial charge >= 0.3 is 0 Å². The Hall–Kier alpha value is -1.81. The number of carbonyl (C=O) groups excluding carboxylic acids is 3. The molecule has 0 radical (unpaired) electrons. The summed E-state index contributed by atoms with van der Waals surface area (Å²) in [5, 5.41) is 6.27. The molecule has 0 unspecified atom stereocenters. The highest BCUT2D eigenvalue weighted by Crippen LogP contribution is 2.36. The fraction of sp³-hybridized carbons (Fsp3) is 0.828. The highest BCUT2D eigenvalue weighted by molar-refractivity contribution is 6.13. The number of rotatable bonds is 19. The average molecular weight is 542 g/mol. The van der Waals surface area contributed by atoms with Gasteiger partial charge in [0.25, 0.3) is 11.8 Å². The van der Waals surface area contributed by atoms with Crippen LogP contribution in [0.25, 0.3) is 0 Å². The molecule has 0 fully saturated rings. The Kier molecular flexibility index (Phi) is 19.2. The highest BCUT2D eigenvalue weighted by atomic mass is 16.5. The van der Waals surface area contributed by atoms with Crippen molar-refractivity contribution in [2.45, 2.75) is 74.7 Å². The molecule has 222 valence electrons. The Morgan fingerprint density at radius 1 is 0.816 bits per heavy atom. The van der Waals surface area contributed by atoms with Crippen molar-refractivity contribution < 1.29 is 28.6 Å². The first kappa shape index (κ1) is 36.2. The quantitative estimate of drug-likeness (QED) is 0.190. The lowest BCUT2D eigenvalue weighted by atomic mass is 9.69. The predicted molar refractivity (Wildman–Crippen MR) is 152 cm³/mol. The first-order valence-corrected chi connectivity index (χ1v) is 14.0. The molecular weight excluding hydrogens is 486 g/mol. The summed E-state index contributed by atoms with van der Waals surface area (Å²) < 4.78 is 16.6. The van der Waals surface area contributed by atoms with E-state index in [2.05, 4.69) is 66.0 Å². The smallest absolute Gasteiger partial charge is 0.253 e. The van der Waals surface area contributed by atoms with Crippen LogP contribution in [0, 0.1) is 16.7 Å². The van der Waals surface area contributed by atoms with Crippen LogP contribution in [0.5, 0.6) is 0 Å².